The van der Waals surface area contributed by atoms with Gasteiger partial charge in [-0.05, 0) is 42.9 Å². The third-order valence-electron chi connectivity index (χ3n) is 4.27. The molecule has 1 saturated carbocycles. The highest BCUT2D eigenvalue weighted by atomic mass is 16.5. The first-order chi connectivity index (χ1) is 10.1. The van der Waals surface area contributed by atoms with Crippen LogP contribution >= 0.6 is 0 Å². The van der Waals surface area contributed by atoms with E-state index in [0.29, 0.717) is 19.6 Å². The Hall–Kier alpha value is -1.59. The Labute approximate surface area is 125 Å². The van der Waals surface area contributed by atoms with Crippen molar-refractivity contribution in [2.75, 3.05) is 13.7 Å². The van der Waals surface area contributed by atoms with E-state index in [4.69, 9.17) is 20.9 Å². The molecule has 1 aliphatic carbocycles. The van der Waals surface area contributed by atoms with Crippen molar-refractivity contribution in [3.63, 3.8) is 0 Å². The summed E-state index contributed by atoms with van der Waals surface area (Å²) in [5.74, 6) is 0.522. The lowest BCUT2D eigenvalue weighted by molar-refractivity contribution is -0.124. The van der Waals surface area contributed by atoms with Crippen LogP contribution in [-0.2, 0) is 16.1 Å². The van der Waals surface area contributed by atoms with E-state index in [1.54, 1.807) is 7.11 Å². The van der Waals surface area contributed by atoms with Crippen LogP contribution in [0.2, 0.25) is 0 Å². The lowest BCUT2D eigenvalue weighted by Gasteiger charge is -2.27. The summed E-state index contributed by atoms with van der Waals surface area (Å²) < 4.78 is 10.9. The molecule has 5 nitrogen and oxygen atoms in total. The second kappa shape index (κ2) is 6.91. The number of carbonyl (C=O) groups is 1. The second-order valence-corrected chi connectivity index (χ2v) is 5.71. The molecule has 1 fully saturated rings. The second-order valence-electron chi connectivity index (χ2n) is 5.71. The summed E-state index contributed by atoms with van der Waals surface area (Å²) in [7, 11) is 1.66. The number of ether oxygens (including phenoxy) is 2. The van der Waals surface area contributed by atoms with Gasteiger partial charge in [0.25, 0.3) is 0 Å². The van der Waals surface area contributed by atoms with Crippen molar-refractivity contribution < 1.29 is 14.3 Å². The summed E-state index contributed by atoms with van der Waals surface area (Å²) in [6.07, 6.45) is 3.31. The van der Waals surface area contributed by atoms with Crippen LogP contribution in [0.1, 0.15) is 31.2 Å². The van der Waals surface area contributed by atoms with Crippen LogP contribution in [0, 0.1) is 5.92 Å². The summed E-state index contributed by atoms with van der Waals surface area (Å²) in [6, 6.07) is 7.81. The standard InChI is InChI=1S/C16H24N2O3/c1-20-11-12-4-2-6-14(10-12)21-9-7-13-5-3-8-16(13,18)15(17)19/h2,4,6,10,13H,3,5,7-9,11,18H2,1H3,(H2,17,19). The number of hydrogen-bond acceptors (Lipinski definition) is 4. The van der Waals surface area contributed by atoms with Crippen molar-refractivity contribution in [2.24, 2.45) is 17.4 Å². The van der Waals surface area contributed by atoms with E-state index < -0.39 is 11.4 Å². The Bertz CT molecular complexity index is 492. The molecule has 1 aromatic rings. The molecule has 0 bridgehead atoms. The van der Waals surface area contributed by atoms with Crippen molar-refractivity contribution in [3.05, 3.63) is 29.8 Å². The quantitative estimate of drug-likeness (QED) is 0.798. The van der Waals surface area contributed by atoms with Crippen LogP contribution in [0.4, 0.5) is 0 Å². The normalized spacial score (nSPS) is 25.0. The molecule has 2 atom stereocenters. The minimum atomic E-state index is -0.860. The van der Waals surface area contributed by atoms with Crippen LogP contribution in [0.3, 0.4) is 0 Å². The summed E-state index contributed by atoms with van der Waals surface area (Å²) in [5.41, 5.74) is 11.8. The molecule has 4 N–H and O–H groups in total. The zero-order valence-electron chi connectivity index (χ0n) is 12.5. The minimum Gasteiger partial charge on any atom is -0.494 e. The zero-order valence-corrected chi connectivity index (χ0v) is 12.5. The molecule has 0 aromatic heterocycles. The fraction of sp³-hybridized carbons (Fsp3) is 0.562. The van der Waals surface area contributed by atoms with Gasteiger partial charge in [-0.25, -0.2) is 0 Å². The van der Waals surface area contributed by atoms with Gasteiger partial charge in [-0.2, -0.15) is 0 Å². The first-order valence-corrected chi connectivity index (χ1v) is 7.35. The van der Waals surface area contributed by atoms with Gasteiger partial charge < -0.3 is 20.9 Å². The summed E-state index contributed by atoms with van der Waals surface area (Å²) in [6.45, 7) is 1.10. The van der Waals surface area contributed by atoms with Crippen molar-refractivity contribution in [1.82, 2.24) is 0 Å². The molecule has 1 amide bonds. The largest absolute Gasteiger partial charge is 0.494 e. The van der Waals surface area contributed by atoms with Gasteiger partial charge in [-0.1, -0.05) is 18.6 Å². The number of carbonyl (C=O) groups excluding carboxylic acids is 1. The molecule has 2 unspecified atom stereocenters. The Morgan fingerprint density at radius 3 is 3.00 bits per heavy atom. The van der Waals surface area contributed by atoms with Crippen LogP contribution in [0.5, 0.6) is 5.75 Å². The van der Waals surface area contributed by atoms with Gasteiger partial charge in [-0.15, -0.1) is 0 Å². The smallest absolute Gasteiger partial charge is 0.237 e. The first-order valence-electron chi connectivity index (χ1n) is 7.35. The Morgan fingerprint density at radius 2 is 2.29 bits per heavy atom. The molecule has 0 aliphatic heterocycles. The monoisotopic (exact) mass is 292 g/mol. The number of benzene rings is 1. The lowest BCUT2D eigenvalue weighted by Crippen LogP contribution is -2.54. The summed E-state index contributed by atoms with van der Waals surface area (Å²) in [5, 5.41) is 0. The average Bonchev–Trinajstić information content (AvgIpc) is 2.83. The predicted molar refractivity (Wildman–Crippen MR) is 80.7 cm³/mol. The molecule has 2 rings (SSSR count). The Morgan fingerprint density at radius 1 is 1.48 bits per heavy atom. The molecular weight excluding hydrogens is 268 g/mol. The molecule has 21 heavy (non-hydrogen) atoms. The molecule has 1 aliphatic rings. The number of primary amides is 1. The zero-order chi connectivity index (χ0) is 15.3. The van der Waals surface area contributed by atoms with Crippen LogP contribution in [-0.4, -0.2) is 25.2 Å². The Kier molecular flexibility index (Phi) is 5.20. The van der Waals surface area contributed by atoms with Gasteiger partial charge in [0, 0.05) is 7.11 Å². The first kappa shape index (κ1) is 15.8. The fourth-order valence-electron chi connectivity index (χ4n) is 3.04. The molecule has 116 valence electrons. The summed E-state index contributed by atoms with van der Waals surface area (Å²) in [4.78, 5) is 11.5. The number of hydrogen-bond donors (Lipinski definition) is 2. The minimum absolute atomic E-state index is 0.108. The highest BCUT2D eigenvalue weighted by Crippen LogP contribution is 2.35. The van der Waals surface area contributed by atoms with Crippen LogP contribution in [0.25, 0.3) is 0 Å². The molecule has 0 heterocycles. The van der Waals surface area contributed by atoms with Crippen molar-refractivity contribution >= 4 is 5.91 Å². The molecule has 0 spiro atoms. The van der Waals surface area contributed by atoms with Crippen LogP contribution < -0.4 is 16.2 Å². The molecule has 1 aromatic carbocycles. The fourth-order valence-corrected chi connectivity index (χ4v) is 3.04. The van der Waals surface area contributed by atoms with E-state index in [0.717, 1.165) is 30.6 Å². The van der Waals surface area contributed by atoms with E-state index in [-0.39, 0.29) is 5.92 Å². The number of methoxy groups -OCH3 is 1. The van der Waals surface area contributed by atoms with E-state index >= 15 is 0 Å². The predicted octanol–water partition coefficient (Wildman–Crippen LogP) is 1.58. The van der Waals surface area contributed by atoms with E-state index in [1.165, 1.54) is 0 Å². The molecule has 0 saturated heterocycles. The SMILES string of the molecule is COCc1cccc(OCCC2CCCC2(N)C(N)=O)c1. The topological polar surface area (TPSA) is 87.6 Å². The van der Waals surface area contributed by atoms with Gasteiger partial charge in [0.05, 0.1) is 18.8 Å². The van der Waals surface area contributed by atoms with Gasteiger partial charge in [0.1, 0.15) is 5.75 Å². The van der Waals surface area contributed by atoms with Gasteiger partial charge in [-0.3, -0.25) is 4.79 Å². The van der Waals surface area contributed by atoms with Gasteiger partial charge in [0.15, 0.2) is 0 Å². The third kappa shape index (κ3) is 3.74. The average molecular weight is 292 g/mol. The number of rotatable bonds is 7. The lowest BCUT2D eigenvalue weighted by atomic mass is 9.85. The van der Waals surface area contributed by atoms with Crippen LogP contribution in [0.15, 0.2) is 24.3 Å². The molecular formula is C16H24N2O3. The Balaban J connectivity index is 1.87. The highest BCUT2D eigenvalue weighted by molar-refractivity contribution is 5.85. The maximum absolute atomic E-state index is 11.5. The number of amides is 1. The van der Waals surface area contributed by atoms with Crippen molar-refractivity contribution in [1.29, 1.82) is 0 Å². The number of nitrogens with two attached hydrogens (primary N) is 2. The van der Waals surface area contributed by atoms with Crippen molar-refractivity contribution in [3.8, 4) is 5.75 Å². The molecule has 0 radical (unpaired) electrons. The third-order valence-corrected chi connectivity index (χ3v) is 4.27. The van der Waals surface area contributed by atoms with E-state index in [9.17, 15) is 4.79 Å². The van der Waals surface area contributed by atoms with Crippen molar-refractivity contribution in [2.45, 2.75) is 37.8 Å². The molecule has 5 heteroatoms. The van der Waals surface area contributed by atoms with E-state index in [2.05, 4.69) is 0 Å². The van der Waals surface area contributed by atoms with E-state index in [1.807, 2.05) is 24.3 Å². The van der Waals surface area contributed by atoms with Gasteiger partial charge in [0.2, 0.25) is 5.91 Å². The maximum Gasteiger partial charge on any atom is 0.237 e. The summed E-state index contributed by atoms with van der Waals surface area (Å²) >= 11 is 0. The maximum atomic E-state index is 11.5. The van der Waals surface area contributed by atoms with Gasteiger partial charge >= 0.3 is 0 Å². The highest BCUT2D eigenvalue weighted by Gasteiger charge is 2.43.